The molecule has 27 heavy (non-hydrogen) atoms. The molecular formula is C21H22N2O4. The van der Waals surface area contributed by atoms with Gasteiger partial charge in [0.05, 0.1) is 6.61 Å². The summed E-state index contributed by atoms with van der Waals surface area (Å²) in [6, 6.07) is 15.5. The van der Waals surface area contributed by atoms with Gasteiger partial charge in [0.15, 0.2) is 5.54 Å². The quantitative estimate of drug-likeness (QED) is 0.792. The van der Waals surface area contributed by atoms with Crippen LogP contribution >= 0.6 is 0 Å². The predicted octanol–water partition coefficient (Wildman–Crippen LogP) is 1.84. The van der Waals surface area contributed by atoms with Crippen molar-refractivity contribution in [3.63, 3.8) is 0 Å². The SMILES string of the molecule is O=C1NCc2ccccc2C[C@@]12COC(c1ccc(OCCCO)cc1)=N2. The van der Waals surface area contributed by atoms with Crippen molar-refractivity contribution >= 4 is 11.8 Å². The Hall–Kier alpha value is -2.86. The zero-order valence-electron chi connectivity index (χ0n) is 15.0. The van der Waals surface area contributed by atoms with Crippen LogP contribution in [0.25, 0.3) is 0 Å². The van der Waals surface area contributed by atoms with Crippen LogP contribution in [0.1, 0.15) is 23.1 Å². The largest absolute Gasteiger partial charge is 0.494 e. The van der Waals surface area contributed by atoms with Crippen LogP contribution in [0, 0.1) is 0 Å². The normalized spacial score (nSPS) is 21.1. The Balaban J connectivity index is 1.56. The third-order valence-corrected chi connectivity index (χ3v) is 4.90. The number of hydrogen-bond acceptors (Lipinski definition) is 5. The van der Waals surface area contributed by atoms with Crippen molar-refractivity contribution in [2.45, 2.75) is 24.9 Å². The second-order valence-corrected chi connectivity index (χ2v) is 6.82. The number of aliphatic imine (C=N–C) groups is 1. The van der Waals surface area contributed by atoms with Crippen LogP contribution in [0.4, 0.5) is 0 Å². The minimum Gasteiger partial charge on any atom is -0.494 e. The third-order valence-electron chi connectivity index (χ3n) is 4.90. The number of carbonyl (C=O) groups is 1. The molecule has 0 aliphatic carbocycles. The number of nitrogens with zero attached hydrogens (tertiary/aromatic N) is 1. The van der Waals surface area contributed by atoms with Gasteiger partial charge in [0, 0.05) is 31.6 Å². The zero-order chi connectivity index (χ0) is 18.7. The molecule has 0 saturated heterocycles. The molecule has 2 aliphatic heterocycles. The maximum Gasteiger partial charge on any atom is 0.252 e. The van der Waals surface area contributed by atoms with E-state index in [1.807, 2.05) is 48.5 Å². The molecule has 2 aromatic carbocycles. The molecule has 2 aliphatic rings. The first-order chi connectivity index (χ1) is 13.2. The van der Waals surface area contributed by atoms with Gasteiger partial charge >= 0.3 is 0 Å². The summed E-state index contributed by atoms with van der Waals surface area (Å²) < 4.78 is 11.4. The molecular weight excluding hydrogens is 344 g/mol. The van der Waals surface area contributed by atoms with Crippen LogP contribution in [0.15, 0.2) is 53.5 Å². The minimum atomic E-state index is -0.918. The molecule has 4 rings (SSSR count). The summed E-state index contributed by atoms with van der Waals surface area (Å²) in [4.78, 5) is 17.4. The van der Waals surface area contributed by atoms with Gasteiger partial charge in [-0.1, -0.05) is 24.3 Å². The molecule has 1 spiro atoms. The van der Waals surface area contributed by atoms with Gasteiger partial charge < -0.3 is 19.9 Å². The van der Waals surface area contributed by atoms with E-state index in [2.05, 4.69) is 5.32 Å². The standard InChI is InChI=1S/C21H22N2O4/c24-10-3-11-26-18-8-6-15(7-9-18)19-23-21(14-27-19)12-16-4-1-2-5-17(16)13-22-20(21)25/h1-2,4-9,24H,3,10-14H2,(H,22,25)/t21-/m1/s1. The number of ether oxygens (including phenoxy) is 2. The number of aliphatic hydroxyl groups is 1. The third kappa shape index (κ3) is 3.53. The van der Waals surface area contributed by atoms with Gasteiger partial charge in [0.25, 0.3) is 5.91 Å². The highest BCUT2D eigenvalue weighted by Gasteiger charge is 2.45. The van der Waals surface area contributed by atoms with Crippen LogP contribution in [0.2, 0.25) is 0 Å². The van der Waals surface area contributed by atoms with E-state index in [1.165, 1.54) is 0 Å². The highest BCUT2D eigenvalue weighted by atomic mass is 16.5. The number of fused-ring (bicyclic) bond motifs is 1. The Morgan fingerprint density at radius 1 is 1.15 bits per heavy atom. The van der Waals surface area contributed by atoms with Crippen molar-refractivity contribution in [1.29, 1.82) is 0 Å². The number of hydrogen-bond donors (Lipinski definition) is 2. The summed E-state index contributed by atoms with van der Waals surface area (Å²) in [6.07, 6.45) is 1.12. The molecule has 2 heterocycles. The van der Waals surface area contributed by atoms with Gasteiger partial charge in [-0.25, -0.2) is 4.99 Å². The van der Waals surface area contributed by atoms with Crippen LogP contribution in [-0.4, -0.2) is 42.3 Å². The first-order valence-electron chi connectivity index (χ1n) is 9.12. The lowest BCUT2D eigenvalue weighted by Crippen LogP contribution is -2.46. The maximum atomic E-state index is 12.7. The average molecular weight is 366 g/mol. The van der Waals surface area contributed by atoms with E-state index < -0.39 is 5.54 Å². The van der Waals surface area contributed by atoms with Gasteiger partial charge in [0.1, 0.15) is 12.4 Å². The number of rotatable bonds is 5. The summed E-state index contributed by atoms with van der Waals surface area (Å²) >= 11 is 0. The van der Waals surface area contributed by atoms with Crippen molar-refractivity contribution < 1.29 is 19.4 Å². The lowest BCUT2D eigenvalue weighted by atomic mass is 9.91. The van der Waals surface area contributed by atoms with Crippen molar-refractivity contribution in [3.05, 3.63) is 65.2 Å². The Kier molecular flexibility index (Phi) is 4.81. The second-order valence-electron chi connectivity index (χ2n) is 6.82. The molecule has 6 heteroatoms. The van der Waals surface area contributed by atoms with Crippen LogP contribution in [-0.2, 0) is 22.5 Å². The van der Waals surface area contributed by atoms with Crippen LogP contribution < -0.4 is 10.1 Å². The molecule has 1 atom stereocenters. The molecule has 6 nitrogen and oxygen atoms in total. The summed E-state index contributed by atoms with van der Waals surface area (Å²) in [7, 11) is 0. The maximum absolute atomic E-state index is 12.7. The summed E-state index contributed by atoms with van der Waals surface area (Å²) in [5.74, 6) is 1.10. The van der Waals surface area contributed by atoms with Crippen molar-refractivity contribution in [2.24, 2.45) is 4.99 Å². The van der Waals surface area contributed by atoms with Crippen molar-refractivity contribution in [2.75, 3.05) is 19.8 Å². The van der Waals surface area contributed by atoms with E-state index in [9.17, 15) is 4.79 Å². The first-order valence-corrected chi connectivity index (χ1v) is 9.12. The Labute approximate surface area is 157 Å². The Morgan fingerprint density at radius 3 is 2.70 bits per heavy atom. The van der Waals surface area contributed by atoms with E-state index >= 15 is 0 Å². The highest BCUT2D eigenvalue weighted by Crippen LogP contribution is 2.30. The van der Waals surface area contributed by atoms with Gasteiger partial charge in [-0.2, -0.15) is 0 Å². The Morgan fingerprint density at radius 2 is 1.93 bits per heavy atom. The average Bonchev–Trinajstić information content (AvgIpc) is 3.07. The van der Waals surface area contributed by atoms with Crippen molar-refractivity contribution in [1.82, 2.24) is 5.32 Å². The fourth-order valence-corrected chi connectivity index (χ4v) is 3.39. The van der Waals surface area contributed by atoms with Gasteiger partial charge in [-0.15, -0.1) is 0 Å². The van der Waals surface area contributed by atoms with E-state index in [4.69, 9.17) is 19.6 Å². The monoisotopic (exact) mass is 366 g/mol. The molecule has 0 saturated carbocycles. The molecule has 0 bridgehead atoms. The molecule has 2 N–H and O–H groups in total. The zero-order valence-corrected chi connectivity index (χ0v) is 15.0. The molecule has 1 amide bonds. The molecule has 0 aromatic heterocycles. The minimum absolute atomic E-state index is 0.0994. The van der Waals surface area contributed by atoms with E-state index in [-0.39, 0.29) is 19.1 Å². The molecule has 0 fully saturated rings. The summed E-state index contributed by atoms with van der Waals surface area (Å²) in [5, 5.41) is 11.8. The fraction of sp³-hybridized carbons (Fsp3) is 0.333. The summed E-state index contributed by atoms with van der Waals surface area (Å²) in [6.45, 7) is 1.32. The number of aliphatic hydroxyl groups excluding tert-OH is 1. The first kappa shape index (κ1) is 17.5. The molecule has 2 aromatic rings. The number of amides is 1. The van der Waals surface area contributed by atoms with E-state index in [0.717, 1.165) is 22.4 Å². The fourth-order valence-electron chi connectivity index (χ4n) is 3.39. The lowest BCUT2D eigenvalue weighted by molar-refractivity contribution is -0.126. The van der Waals surface area contributed by atoms with Gasteiger partial charge in [0.2, 0.25) is 5.90 Å². The smallest absolute Gasteiger partial charge is 0.252 e. The molecule has 0 radical (unpaired) electrons. The molecule has 0 unspecified atom stereocenters. The van der Waals surface area contributed by atoms with Crippen LogP contribution in [0.5, 0.6) is 5.75 Å². The lowest BCUT2D eigenvalue weighted by Gasteiger charge is -2.20. The predicted molar refractivity (Wildman–Crippen MR) is 101 cm³/mol. The number of benzene rings is 2. The summed E-state index contributed by atoms with van der Waals surface area (Å²) in [5.41, 5.74) is 2.14. The highest BCUT2D eigenvalue weighted by molar-refractivity contribution is 6.00. The number of nitrogens with one attached hydrogen (secondary N) is 1. The van der Waals surface area contributed by atoms with E-state index in [1.54, 1.807) is 0 Å². The van der Waals surface area contributed by atoms with Gasteiger partial charge in [-0.05, 0) is 35.4 Å². The van der Waals surface area contributed by atoms with Crippen LogP contribution in [0.3, 0.4) is 0 Å². The van der Waals surface area contributed by atoms with E-state index in [0.29, 0.717) is 31.9 Å². The van der Waals surface area contributed by atoms with Gasteiger partial charge in [-0.3, -0.25) is 4.79 Å². The topological polar surface area (TPSA) is 80.2 Å². The Bertz CT molecular complexity index is 863. The van der Waals surface area contributed by atoms with Crippen molar-refractivity contribution in [3.8, 4) is 5.75 Å². The number of carbonyl (C=O) groups excluding carboxylic acids is 1. The molecule has 140 valence electrons. The second kappa shape index (κ2) is 7.40.